The summed E-state index contributed by atoms with van der Waals surface area (Å²) in [6.07, 6.45) is 4.02. The summed E-state index contributed by atoms with van der Waals surface area (Å²) in [7, 11) is 0. The first-order chi connectivity index (χ1) is 7.25. The molecule has 1 atom stereocenters. The van der Waals surface area contributed by atoms with Crippen molar-refractivity contribution in [3.05, 3.63) is 0 Å². The van der Waals surface area contributed by atoms with Crippen LogP contribution in [0.3, 0.4) is 0 Å². The topological polar surface area (TPSA) is 55.0 Å². The third-order valence-electron chi connectivity index (χ3n) is 2.60. The molecular weight excluding hydrogens is 228 g/mol. The Morgan fingerprint density at radius 3 is 2.67 bits per heavy atom. The smallest absolute Gasteiger partial charge is 0.203 e. The van der Waals surface area contributed by atoms with E-state index in [9.17, 15) is 0 Å². The van der Waals surface area contributed by atoms with Crippen molar-refractivity contribution in [3.8, 4) is 0 Å². The Morgan fingerprint density at radius 1 is 1.33 bits per heavy atom. The summed E-state index contributed by atoms with van der Waals surface area (Å²) in [6.45, 7) is 4.65. The number of aromatic nitrogens is 2. The molecule has 1 saturated heterocycles. The number of piperidine rings is 1. The monoisotopic (exact) mass is 244 g/mol. The molecule has 0 amide bonds. The van der Waals surface area contributed by atoms with E-state index in [1.165, 1.54) is 43.7 Å². The zero-order valence-corrected chi connectivity index (χ0v) is 10.5. The minimum absolute atomic E-state index is 0.484. The van der Waals surface area contributed by atoms with E-state index in [0.29, 0.717) is 10.5 Å². The lowest BCUT2D eigenvalue weighted by Gasteiger charge is -2.31. The van der Waals surface area contributed by atoms with Gasteiger partial charge in [-0.2, -0.15) is 0 Å². The molecule has 15 heavy (non-hydrogen) atoms. The van der Waals surface area contributed by atoms with Gasteiger partial charge in [-0.15, -0.1) is 10.2 Å². The number of nitrogen functional groups attached to an aromatic ring is 1. The van der Waals surface area contributed by atoms with E-state index in [0.717, 1.165) is 4.34 Å². The molecule has 2 N–H and O–H groups in total. The van der Waals surface area contributed by atoms with Gasteiger partial charge in [0.15, 0.2) is 4.34 Å². The normalized spacial score (nSPS) is 20.3. The highest BCUT2D eigenvalue weighted by molar-refractivity contribution is 8.01. The molecule has 0 bridgehead atoms. The fourth-order valence-electron chi connectivity index (χ4n) is 1.77. The maximum absolute atomic E-state index is 5.55. The van der Waals surface area contributed by atoms with Gasteiger partial charge in [0.05, 0.1) is 5.37 Å². The Labute approximate surface area is 98.3 Å². The van der Waals surface area contributed by atoms with E-state index < -0.39 is 0 Å². The van der Waals surface area contributed by atoms with Crippen molar-refractivity contribution < 1.29 is 0 Å². The summed E-state index contributed by atoms with van der Waals surface area (Å²) in [5.41, 5.74) is 5.55. The fourth-order valence-corrected chi connectivity index (χ4v) is 3.72. The van der Waals surface area contributed by atoms with Crippen LogP contribution >= 0.6 is 23.1 Å². The zero-order chi connectivity index (χ0) is 10.7. The summed E-state index contributed by atoms with van der Waals surface area (Å²) in [6, 6.07) is 0. The Balaban J connectivity index is 1.88. The second-order valence-corrected chi connectivity index (χ2v) is 6.29. The van der Waals surface area contributed by atoms with Crippen LogP contribution in [0.2, 0.25) is 0 Å². The maximum atomic E-state index is 5.55. The molecule has 2 rings (SSSR count). The fraction of sp³-hybridized carbons (Fsp3) is 0.778. The van der Waals surface area contributed by atoms with Gasteiger partial charge in [0.1, 0.15) is 0 Å². The first-order valence-electron chi connectivity index (χ1n) is 5.25. The van der Waals surface area contributed by atoms with Crippen LogP contribution < -0.4 is 5.73 Å². The Kier molecular flexibility index (Phi) is 3.82. The van der Waals surface area contributed by atoms with Crippen molar-refractivity contribution in [1.82, 2.24) is 15.1 Å². The van der Waals surface area contributed by atoms with E-state index in [1.54, 1.807) is 11.8 Å². The molecule has 1 aliphatic heterocycles. The van der Waals surface area contributed by atoms with Gasteiger partial charge in [-0.05, 0) is 32.9 Å². The Bertz CT molecular complexity index is 309. The van der Waals surface area contributed by atoms with Crippen molar-refractivity contribution in [2.75, 3.05) is 18.8 Å². The molecule has 1 aromatic rings. The summed E-state index contributed by atoms with van der Waals surface area (Å²) >= 11 is 3.23. The van der Waals surface area contributed by atoms with Crippen molar-refractivity contribution in [2.45, 2.75) is 35.9 Å². The standard InChI is InChI=1S/C9H16N4S2/c1-7(13-5-3-2-4-6-13)14-9-12-11-8(10)15-9/h7H,2-6H2,1H3,(H2,10,11). The molecule has 1 unspecified atom stereocenters. The van der Waals surface area contributed by atoms with Crippen LogP contribution in [-0.4, -0.2) is 33.6 Å². The Hall–Kier alpha value is -0.330. The molecule has 1 aliphatic rings. The lowest BCUT2D eigenvalue weighted by molar-refractivity contribution is 0.222. The van der Waals surface area contributed by atoms with Gasteiger partial charge in [-0.25, -0.2) is 0 Å². The first kappa shape index (κ1) is 11.2. The van der Waals surface area contributed by atoms with Gasteiger partial charge in [0.25, 0.3) is 0 Å². The molecule has 2 heterocycles. The van der Waals surface area contributed by atoms with Crippen LogP contribution in [0.25, 0.3) is 0 Å². The highest BCUT2D eigenvalue weighted by Crippen LogP contribution is 2.30. The lowest BCUT2D eigenvalue weighted by Crippen LogP contribution is -2.35. The summed E-state index contributed by atoms with van der Waals surface area (Å²) in [5.74, 6) is 0. The summed E-state index contributed by atoms with van der Waals surface area (Å²) in [5, 5.41) is 8.89. The number of rotatable bonds is 3. The zero-order valence-electron chi connectivity index (χ0n) is 8.85. The quantitative estimate of drug-likeness (QED) is 0.825. The van der Waals surface area contributed by atoms with E-state index >= 15 is 0 Å². The number of nitrogens with zero attached hydrogens (tertiary/aromatic N) is 3. The van der Waals surface area contributed by atoms with Gasteiger partial charge < -0.3 is 5.73 Å². The molecule has 0 radical (unpaired) electrons. The molecular formula is C9H16N4S2. The molecule has 1 aromatic heterocycles. The van der Waals surface area contributed by atoms with Crippen LogP contribution in [0.4, 0.5) is 5.13 Å². The number of hydrogen-bond donors (Lipinski definition) is 1. The number of likely N-dealkylation sites (tertiary alicyclic amines) is 1. The number of anilines is 1. The molecule has 6 heteroatoms. The van der Waals surface area contributed by atoms with Gasteiger partial charge >= 0.3 is 0 Å². The van der Waals surface area contributed by atoms with Crippen LogP contribution in [0.15, 0.2) is 4.34 Å². The molecule has 0 aliphatic carbocycles. The van der Waals surface area contributed by atoms with Crippen molar-refractivity contribution >= 4 is 28.2 Å². The first-order valence-corrected chi connectivity index (χ1v) is 6.95. The lowest BCUT2D eigenvalue weighted by atomic mass is 10.1. The average Bonchev–Trinajstić information content (AvgIpc) is 2.65. The second kappa shape index (κ2) is 5.14. The van der Waals surface area contributed by atoms with Gasteiger partial charge in [-0.1, -0.05) is 29.5 Å². The molecule has 0 saturated carbocycles. The predicted octanol–water partition coefficient (Wildman–Crippen LogP) is 2.04. The highest BCUT2D eigenvalue weighted by atomic mass is 32.2. The second-order valence-electron chi connectivity index (χ2n) is 3.72. The van der Waals surface area contributed by atoms with E-state index in [1.807, 2.05) is 0 Å². The highest BCUT2D eigenvalue weighted by Gasteiger charge is 2.18. The molecule has 1 fully saturated rings. The summed E-state index contributed by atoms with van der Waals surface area (Å²) < 4.78 is 0.977. The van der Waals surface area contributed by atoms with Crippen LogP contribution in [0, 0.1) is 0 Å². The van der Waals surface area contributed by atoms with Gasteiger partial charge in [0, 0.05) is 0 Å². The number of hydrogen-bond acceptors (Lipinski definition) is 6. The molecule has 0 aromatic carbocycles. The van der Waals surface area contributed by atoms with Crippen LogP contribution in [-0.2, 0) is 0 Å². The van der Waals surface area contributed by atoms with Gasteiger partial charge in [-0.3, -0.25) is 4.90 Å². The number of thioether (sulfide) groups is 1. The molecule has 0 spiro atoms. The molecule has 84 valence electrons. The van der Waals surface area contributed by atoms with E-state index in [4.69, 9.17) is 5.73 Å². The van der Waals surface area contributed by atoms with Crippen molar-refractivity contribution in [1.29, 1.82) is 0 Å². The van der Waals surface area contributed by atoms with E-state index in [2.05, 4.69) is 22.0 Å². The minimum atomic E-state index is 0.484. The van der Waals surface area contributed by atoms with Gasteiger partial charge in [0.2, 0.25) is 5.13 Å². The van der Waals surface area contributed by atoms with E-state index in [-0.39, 0.29) is 0 Å². The third-order valence-corrected chi connectivity index (χ3v) is 4.61. The minimum Gasteiger partial charge on any atom is -0.374 e. The van der Waals surface area contributed by atoms with Crippen molar-refractivity contribution in [3.63, 3.8) is 0 Å². The predicted molar refractivity (Wildman–Crippen MR) is 65.1 cm³/mol. The largest absolute Gasteiger partial charge is 0.374 e. The third kappa shape index (κ3) is 3.06. The average molecular weight is 244 g/mol. The van der Waals surface area contributed by atoms with Crippen LogP contribution in [0.1, 0.15) is 26.2 Å². The summed E-state index contributed by atoms with van der Waals surface area (Å²) in [4.78, 5) is 2.51. The SMILES string of the molecule is CC(Sc1nnc(N)s1)N1CCCCC1. The molecule has 4 nitrogen and oxygen atoms in total. The Morgan fingerprint density at radius 2 is 2.07 bits per heavy atom. The number of nitrogens with two attached hydrogens (primary N) is 1. The maximum Gasteiger partial charge on any atom is 0.203 e. The van der Waals surface area contributed by atoms with Crippen molar-refractivity contribution in [2.24, 2.45) is 0 Å². The van der Waals surface area contributed by atoms with Crippen LogP contribution in [0.5, 0.6) is 0 Å².